The number of rotatable bonds is 7. The molecule has 0 unspecified atom stereocenters. The molecule has 2 nitrogen and oxygen atoms in total. The van der Waals surface area contributed by atoms with Gasteiger partial charge in [0, 0.05) is 0 Å². The zero-order chi connectivity index (χ0) is 29.8. The van der Waals surface area contributed by atoms with E-state index in [0.717, 1.165) is 43.1 Å². The van der Waals surface area contributed by atoms with Crippen LogP contribution in [0.2, 0.25) is 0 Å². The molecule has 0 bridgehead atoms. The Balaban J connectivity index is 1.71. The summed E-state index contributed by atoms with van der Waals surface area (Å²) in [6, 6.07) is 63.7. The Kier molecular flexibility index (Phi) is 7.14. The van der Waals surface area contributed by atoms with E-state index in [4.69, 9.17) is 4.52 Å². The molecule has 0 amide bonds. The van der Waals surface area contributed by atoms with Gasteiger partial charge in [0.25, 0.3) is 0 Å². The summed E-state index contributed by atoms with van der Waals surface area (Å²) >= 11 is 0. The molecule has 0 aromatic heterocycles. The van der Waals surface area contributed by atoms with Gasteiger partial charge in [0.2, 0.25) is 0 Å². The molecule has 0 fully saturated rings. The molecule has 0 aliphatic carbocycles. The Labute approximate surface area is 258 Å². The predicted octanol–water partition coefficient (Wildman–Crippen LogP) is 8.43. The topological polar surface area (TPSA) is 26.3 Å². The molecule has 7 rings (SSSR count). The van der Waals surface area contributed by atoms with Gasteiger partial charge in [-0.1, -0.05) is 0 Å². The van der Waals surface area contributed by atoms with Crippen LogP contribution in [0, 0.1) is 0 Å². The van der Waals surface area contributed by atoms with Crippen LogP contribution in [-0.4, -0.2) is 5.97 Å². The van der Waals surface area contributed by atoms with E-state index in [1.165, 1.54) is 0 Å². The third-order valence-electron chi connectivity index (χ3n) is 8.47. The molecular formula is C41H31O2P. The fourth-order valence-corrected chi connectivity index (χ4v) is 12.4. The summed E-state index contributed by atoms with van der Waals surface area (Å²) in [5.41, 5.74) is 2.62. The van der Waals surface area contributed by atoms with Crippen molar-refractivity contribution in [2.75, 3.05) is 0 Å². The van der Waals surface area contributed by atoms with Crippen molar-refractivity contribution < 1.29 is 9.32 Å². The summed E-state index contributed by atoms with van der Waals surface area (Å²) in [5, 5.41) is 6.12. The van der Waals surface area contributed by atoms with Crippen LogP contribution in [0.15, 0.2) is 188 Å². The van der Waals surface area contributed by atoms with Crippen LogP contribution in [0.1, 0.15) is 10.4 Å². The Hall–Kier alpha value is -5.30. The number of hydrogen-bond acceptors (Lipinski definition) is 2. The molecule has 0 radical (unpaired) electrons. The van der Waals surface area contributed by atoms with E-state index in [1.54, 1.807) is 0 Å². The minimum absolute atomic E-state index is 0.368. The maximum absolute atomic E-state index is 14.6. The molecule has 0 atom stereocenters. The Morgan fingerprint density at radius 1 is 0.409 bits per heavy atom. The van der Waals surface area contributed by atoms with Crippen LogP contribution in [0.4, 0.5) is 0 Å². The van der Waals surface area contributed by atoms with Crippen LogP contribution < -0.4 is 21.2 Å². The quantitative estimate of drug-likeness (QED) is 0.175. The second-order valence-corrected chi connectivity index (χ2v) is 15.1. The molecule has 0 saturated carbocycles. The number of fused-ring (bicyclic) bond motifs is 1. The fraction of sp³-hybridized carbons (Fsp3) is 0. The first-order valence-corrected chi connectivity index (χ1v) is 16.9. The van der Waals surface area contributed by atoms with Gasteiger partial charge in [-0.2, -0.15) is 0 Å². The number of carbonyl (C=O) groups is 1. The van der Waals surface area contributed by atoms with Gasteiger partial charge in [0.1, 0.15) is 0 Å². The van der Waals surface area contributed by atoms with E-state index in [1.807, 2.05) is 84.9 Å². The third-order valence-corrected chi connectivity index (χ3v) is 14.2. The van der Waals surface area contributed by atoms with Crippen molar-refractivity contribution in [3.8, 4) is 11.1 Å². The van der Waals surface area contributed by atoms with E-state index in [9.17, 15) is 4.79 Å². The van der Waals surface area contributed by atoms with Crippen molar-refractivity contribution in [1.82, 2.24) is 0 Å². The zero-order valence-corrected chi connectivity index (χ0v) is 25.1. The van der Waals surface area contributed by atoms with Crippen LogP contribution in [0.25, 0.3) is 21.9 Å². The first-order chi connectivity index (χ1) is 21.7. The number of carbonyl (C=O) groups excluding carboxylic acids is 1. The normalized spacial score (nSPS) is 12.2. The molecule has 0 aliphatic heterocycles. The molecule has 0 saturated heterocycles. The molecule has 7 aromatic rings. The molecule has 7 aromatic carbocycles. The third kappa shape index (κ3) is 4.27. The average Bonchev–Trinajstić information content (AvgIpc) is 3.12. The SMILES string of the molecule is O=C(OP(c1ccccc1)(c1ccccc1)(c1ccccc1)c1ccccc1-c1cccc2ccccc12)c1ccccc1. The van der Waals surface area contributed by atoms with Gasteiger partial charge in [-0.3, -0.25) is 0 Å². The second kappa shape index (κ2) is 11.4. The number of hydrogen-bond donors (Lipinski definition) is 0. The summed E-state index contributed by atoms with van der Waals surface area (Å²) < 4.78 is 7.42. The van der Waals surface area contributed by atoms with Crippen molar-refractivity contribution in [2.45, 2.75) is 0 Å². The number of benzene rings is 7. The van der Waals surface area contributed by atoms with Gasteiger partial charge in [-0.15, -0.1) is 0 Å². The first-order valence-electron chi connectivity index (χ1n) is 14.8. The molecular weight excluding hydrogens is 555 g/mol. The zero-order valence-electron chi connectivity index (χ0n) is 24.2. The van der Waals surface area contributed by atoms with Gasteiger partial charge < -0.3 is 0 Å². The first kappa shape index (κ1) is 27.5. The standard InChI is InChI=1S/C41H31O2P/c42-41(33-19-5-1-6-20-33)43-44(34-22-7-2-8-23-34,35-24-9-3-10-25-35,36-26-11-4-12-27-36)40-31-16-15-29-39(40)38-30-17-21-32-18-13-14-28-37(32)38/h1-31H. The van der Waals surface area contributed by atoms with Crippen molar-refractivity contribution in [2.24, 2.45) is 0 Å². The summed E-state index contributed by atoms with van der Waals surface area (Å²) in [4.78, 5) is 14.6. The van der Waals surface area contributed by atoms with Gasteiger partial charge >= 0.3 is 259 Å². The van der Waals surface area contributed by atoms with Gasteiger partial charge in [0.15, 0.2) is 0 Å². The molecule has 0 heterocycles. The molecule has 0 aliphatic rings. The maximum atomic E-state index is 14.6. The van der Waals surface area contributed by atoms with E-state index < -0.39 is 6.83 Å². The molecule has 212 valence electrons. The van der Waals surface area contributed by atoms with E-state index >= 15 is 0 Å². The Morgan fingerprint density at radius 3 is 1.43 bits per heavy atom. The minimum atomic E-state index is -4.31. The summed E-state index contributed by atoms with van der Waals surface area (Å²) in [5.74, 6) is -0.368. The molecule has 0 spiro atoms. The molecule has 0 N–H and O–H groups in total. The van der Waals surface area contributed by atoms with Crippen molar-refractivity contribution in [1.29, 1.82) is 0 Å². The van der Waals surface area contributed by atoms with E-state index in [2.05, 4.69) is 103 Å². The summed E-state index contributed by atoms with van der Waals surface area (Å²) in [7, 11) is 0. The van der Waals surface area contributed by atoms with Crippen LogP contribution in [-0.2, 0) is 4.52 Å². The van der Waals surface area contributed by atoms with Gasteiger partial charge in [-0.05, 0) is 0 Å². The van der Waals surface area contributed by atoms with Crippen molar-refractivity contribution in [3.05, 3.63) is 194 Å². The van der Waals surface area contributed by atoms with Crippen LogP contribution in [0.5, 0.6) is 0 Å². The Bertz CT molecular complexity index is 1950. The van der Waals surface area contributed by atoms with E-state index in [0.29, 0.717) is 5.56 Å². The summed E-state index contributed by atoms with van der Waals surface area (Å²) in [6.45, 7) is -4.31. The molecule has 44 heavy (non-hydrogen) atoms. The van der Waals surface area contributed by atoms with Gasteiger partial charge in [0.05, 0.1) is 0 Å². The molecule has 3 heteroatoms. The average molecular weight is 587 g/mol. The van der Waals surface area contributed by atoms with Crippen molar-refractivity contribution in [3.63, 3.8) is 0 Å². The van der Waals surface area contributed by atoms with Crippen LogP contribution in [0.3, 0.4) is 0 Å². The Morgan fingerprint density at radius 2 is 0.841 bits per heavy atom. The van der Waals surface area contributed by atoms with E-state index in [-0.39, 0.29) is 5.97 Å². The monoisotopic (exact) mass is 586 g/mol. The van der Waals surface area contributed by atoms with Crippen LogP contribution >= 0.6 is 6.83 Å². The second-order valence-electron chi connectivity index (χ2n) is 10.8. The van der Waals surface area contributed by atoms with Crippen molar-refractivity contribution >= 4 is 44.8 Å². The van der Waals surface area contributed by atoms with Gasteiger partial charge in [-0.25, -0.2) is 0 Å². The summed E-state index contributed by atoms with van der Waals surface area (Å²) in [6.07, 6.45) is 0. The predicted molar refractivity (Wildman–Crippen MR) is 186 cm³/mol. The fourth-order valence-electron chi connectivity index (χ4n) is 6.54.